The molecule has 12 aromatic carbocycles. The van der Waals surface area contributed by atoms with Crippen molar-refractivity contribution < 1.29 is 57.8 Å². The van der Waals surface area contributed by atoms with Crippen molar-refractivity contribution in [3.05, 3.63) is 388 Å². The standard InChI is InChI=1S/C24H22N2O3.C23H21N3O3.C18H17NO3.C9H8BrNO.C9H9N.C8H9NO2.C7H7Br.2CH4/c1-24(25-19-14-12-18(13-15-19)22(27)29-2)20-10-6-7-11-21(20)26(23(24)28)16-17-8-4-3-5-9-17;1-23(24-18-13-11-17(12-14-18)21(27)25-29)19-9-5-6-10-20(19)26(22(23)28)15-16-7-3-2-4-8-16;1-18(15-6-4-3-5-13(15)11-16(18)20)19-14-9-7-12(8-10-14)17(21)22-2;1-9(10)6-4-2-3-5-7(6)11-8(9)12;1-7-6-10-9-5-3-2-4-8(7)9;1-11-8(10)6-2-4-7(9)5-3-6;8-6-7-4-2-1-3-5-7;;/h3-15,25H,16H2,1-2H3;2-14,24,29H,15H2,1H3,(H,25,27);3-10,19H,11H2,1-2H3;2-5H,1H3,(H,11,12);2-6,10H,1H3;2-5H,9H2,1H3;1-5H,6H2;2*1H4. The molecule has 23 heteroatoms. The Morgan fingerprint density at radius 3 is 1.23 bits per heavy atom. The van der Waals surface area contributed by atoms with Gasteiger partial charge in [-0.25, -0.2) is 19.9 Å². The molecule has 3 aliphatic heterocycles. The Balaban J connectivity index is 0.000000170. The van der Waals surface area contributed by atoms with Gasteiger partial charge in [0, 0.05) is 79.5 Å². The van der Waals surface area contributed by atoms with Crippen molar-refractivity contribution in [1.29, 1.82) is 0 Å². The average molecular weight is 1780 g/mol. The lowest BCUT2D eigenvalue weighted by molar-refractivity contribution is -0.122. The molecule has 1 aliphatic carbocycles. The Bertz CT molecular complexity index is 5630. The molecule has 4 aliphatic rings. The summed E-state index contributed by atoms with van der Waals surface area (Å²) in [4.78, 5) is 103. The fourth-order valence-electron chi connectivity index (χ4n) is 14.3. The first-order valence-corrected chi connectivity index (χ1v) is 40.6. The molecule has 0 saturated heterocycles. The number of rotatable bonds is 15. The van der Waals surface area contributed by atoms with Gasteiger partial charge in [-0.2, -0.15) is 0 Å². The van der Waals surface area contributed by atoms with Gasteiger partial charge in [0.15, 0.2) is 5.78 Å². The van der Waals surface area contributed by atoms with E-state index >= 15 is 0 Å². The number of anilines is 7. The summed E-state index contributed by atoms with van der Waals surface area (Å²) >= 11 is 6.75. The van der Waals surface area contributed by atoms with Crippen molar-refractivity contribution in [2.75, 3.05) is 58.1 Å². The van der Waals surface area contributed by atoms with Crippen LogP contribution >= 0.6 is 31.9 Å². The summed E-state index contributed by atoms with van der Waals surface area (Å²) in [5.41, 5.74) is 22.7. The minimum atomic E-state index is -0.938. The number of methoxy groups -OCH3 is 3. The molecule has 0 radical (unpaired) electrons. The number of alkyl halides is 2. The number of aromatic nitrogens is 1. The predicted octanol–water partition coefficient (Wildman–Crippen LogP) is 20.6. The predicted molar refractivity (Wildman–Crippen MR) is 497 cm³/mol. The van der Waals surface area contributed by atoms with Crippen LogP contribution < -0.4 is 42.3 Å². The number of halogens is 2. The third kappa shape index (κ3) is 22.1. The fourth-order valence-corrected chi connectivity index (χ4v) is 15.1. The van der Waals surface area contributed by atoms with Crippen molar-refractivity contribution in [2.24, 2.45) is 0 Å². The van der Waals surface area contributed by atoms with E-state index < -0.39 is 26.8 Å². The first-order valence-electron chi connectivity index (χ1n) is 38.7. The van der Waals surface area contributed by atoms with E-state index in [2.05, 4.69) is 105 Å². The maximum Gasteiger partial charge on any atom is 0.337 e. The summed E-state index contributed by atoms with van der Waals surface area (Å²) < 4.78 is 13.4. The highest BCUT2D eigenvalue weighted by atomic mass is 79.9. The number of nitrogens with one attached hydrogen (secondary N) is 6. The van der Waals surface area contributed by atoms with Gasteiger partial charge >= 0.3 is 17.9 Å². The largest absolute Gasteiger partial charge is 0.465 e. The van der Waals surface area contributed by atoms with E-state index in [-0.39, 0.29) is 56.3 Å². The summed E-state index contributed by atoms with van der Waals surface area (Å²) in [6.45, 7) is 10.6. The minimum absolute atomic E-state index is 0. The summed E-state index contributed by atoms with van der Waals surface area (Å²) in [6.07, 6.45) is 2.48. The fraction of sp³-hybridized carbons (Fsp3) is 0.180. The van der Waals surface area contributed by atoms with E-state index in [0.29, 0.717) is 53.1 Å². The van der Waals surface area contributed by atoms with Crippen LogP contribution in [0.5, 0.6) is 0 Å². The second-order valence-corrected chi connectivity index (χ2v) is 31.4. The number of nitrogens with two attached hydrogens (primary N) is 1. The molecule has 1 aromatic heterocycles. The zero-order valence-corrected chi connectivity index (χ0v) is 71.2. The zero-order chi connectivity index (χ0) is 86.4. The number of hydrogen-bond donors (Lipinski definition) is 8. The quantitative estimate of drug-likeness (QED) is 0.0118. The summed E-state index contributed by atoms with van der Waals surface area (Å²) in [5.74, 6) is -1.60. The molecule has 9 N–H and O–H groups in total. The third-order valence-corrected chi connectivity index (χ3v) is 22.4. The Morgan fingerprint density at radius 1 is 0.447 bits per heavy atom. The lowest BCUT2D eigenvalue weighted by Crippen LogP contribution is -2.43. The van der Waals surface area contributed by atoms with Gasteiger partial charge in [-0.05, 0) is 189 Å². The van der Waals surface area contributed by atoms with Gasteiger partial charge < -0.3 is 56.0 Å². The van der Waals surface area contributed by atoms with Gasteiger partial charge in [-0.1, -0.05) is 235 Å². The smallest absolute Gasteiger partial charge is 0.337 e. The molecule has 17 rings (SSSR count). The van der Waals surface area contributed by atoms with Gasteiger partial charge in [0.05, 0.1) is 62.5 Å². The molecular formula is C100H101Br2N9O12. The molecular weight excluding hydrogens is 1680 g/mol. The number of benzene rings is 12. The maximum atomic E-state index is 13.5. The number of H-pyrrole nitrogens is 1. The molecule has 632 valence electrons. The Kier molecular flexibility index (Phi) is 32.2. The number of ketones is 1. The van der Waals surface area contributed by atoms with Gasteiger partial charge in [0.25, 0.3) is 17.7 Å². The zero-order valence-electron chi connectivity index (χ0n) is 68.0. The van der Waals surface area contributed by atoms with Crippen LogP contribution in [0.25, 0.3) is 10.9 Å². The molecule has 13 aromatic rings. The Morgan fingerprint density at radius 2 is 0.813 bits per heavy atom. The first kappa shape index (κ1) is 93.1. The molecule has 0 saturated carbocycles. The Labute approximate surface area is 734 Å². The van der Waals surface area contributed by atoms with Crippen LogP contribution in [-0.4, -0.2) is 78.8 Å². The molecule has 123 heavy (non-hydrogen) atoms. The normalized spacial score (nSPS) is 16.7. The molecule has 4 amide bonds. The SMILES string of the molecule is BrCc1ccccc1.C.C.CC1(Br)C(=O)Nc2ccccc21.CC1(Nc2ccc(C(=O)NO)cc2)C(=O)N(Cc2ccccc2)c2ccccc21.COC(=O)c1ccc(N)cc1.COC(=O)c1ccc(NC2(C)C(=O)Cc3ccccc32)cc1.COC(=O)c1ccc(NC2(C)C(=O)N(Cc3ccccc3)c3ccccc32)cc1.Cc1c[nH]c2ccccc12. The van der Waals surface area contributed by atoms with Gasteiger partial charge in [0.2, 0.25) is 5.91 Å². The molecule has 0 fully saturated rings. The number of Topliss-reactive ketones (excluding diaryl/α,β-unsaturated/α-hetero) is 1. The maximum absolute atomic E-state index is 13.5. The first-order chi connectivity index (χ1) is 58.3. The van der Waals surface area contributed by atoms with Crippen LogP contribution in [0.2, 0.25) is 0 Å². The van der Waals surface area contributed by atoms with Crippen LogP contribution in [0.15, 0.2) is 316 Å². The number of esters is 3. The molecule has 0 bridgehead atoms. The van der Waals surface area contributed by atoms with Gasteiger partial charge in [-0.3, -0.25) is 29.2 Å². The summed E-state index contributed by atoms with van der Waals surface area (Å²) in [6, 6.07) is 96.6. The average Bonchev–Trinajstić information content (AvgIpc) is 1.65. The van der Waals surface area contributed by atoms with Crippen LogP contribution in [-0.2, 0) is 79.2 Å². The number of hydroxylamine groups is 1. The molecule has 4 atom stereocenters. The second-order valence-electron chi connectivity index (χ2n) is 29.2. The lowest BCUT2D eigenvalue weighted by Gasteiger charge is -2.27. The monoisotopic (exact) mass is 1780 g/mol. The number of aromatic amines is 1. The van der Waals surface area contributed by atoms with E-state index in [1.165, 1.54) is 43.4 Å². The number of para-hydroxylation sites is 4. The topological polar surface area (TPSA) is 293 Å². The number of nitrogen functional groups attached to an aromatic ring is 1. The third-order valence-electron chi connectivity index (χ3n) is 20.9. The number of carbonyl (C=O) groups excluding carboxylic acids is 8. The van der Waals surface area contributed by atoms with Crippen molar-refractivity contribution >= 4 is 130 Å². The van der Waals surface area contributed by atoms with Crippen molar-refractivity contribution in [3.63, 3.8) is 0 Å². The number of ether oxygens (including phenoxy) is 3. The van der Waals surface area contributed by atoms with Crippen LogP contribution in [0.4, 0.5) is 39.8 Å². The van der Waals surface area contributed by atoms with Crippen LogP contribution in [0.3, 0.4) is 0 Å². The Hall–Kier alpha value is -13.7. The van der Waals surface area contributed by atoms with Crippen LogP contribution in [0.1, 0.15) is 134 Å². The van der Waals surface area contributed by atoms with Crippen molar-refractivity contribution in [3.8, 4) is 0 Å². The number of nitrogens with zero attached hydrogens (tertiary/aromatic N) is 2. The van der Waals surface area contributed by atoms with E-state index in [1.54, 1.807) is 107 Å². The van der Waals surface area contributed by atoms with Crippen LogP contribution in [0, 0.1) is 6.92 Å². The van der Waals surface area contributed by atoms with E-state index in [4.69, 9.17) is 15.7 Å². The highest BCUT2D eigenvalue weighted by Gasteiger charge is 2.49. The van der Waals surface area contributed by atoms with E-state index in [9.17, 15) is 38.4 Å². The molecule has 4 unspecified atom stereocenters. The number of hydrogen-bond acceptors (Lipinski definition) is 16. The number of aryl methyl sites for hydroxylation is 1. The molecule has 21 nitrogen and oxygen atoms in total. The van der Waals surface area contributed by atoms with Crippen molar-refractivity contribution in [1.82, 2.24) is 10.5 Å². The summed E-state index contributed by atoms with van der Waals surface area (Å²) in [7, 11) is 4.05. The van der Waals surface area contributed by atoms with E-state index in [0.717, 1.165) is 72.7 Å². The minimum Gasteiger partial charge on any atom is -0.465 e. The summed E-state index contributed by atoms with van der Waals surface area (Å²) in [5, 5.41) is 23.9. The molecule has 0 spiro atoms. The molecule has 4 heterocycles. The van der Waals surface area contributed by atoms with Crippen molar-refractivity contribution in [2.45, 2.75) is 95.3 Å². The van der Waals surface area contributed by atoms with Gasteiger partial charge in [-0.15, -0.1) is 0 Å². The number of fused-ring (bicyclic) bond motifs is 5. The van der Waals surface area contributed by atoms with E-state index in [1.807, 2.05) is 221 Å². The highest BCUT2D eigenvalue weighted by Crippen LogP contribution is 2.46. The lowest BCUT2D eigenvalue weighted by atomic mass is 9.93. The number of amides is 4. The van der Waals surface area contributed by atoms with Gasteiger partial charge in [0.1, 0.15) is 20.9 Å². The number of carbonyl (C=O) groups is 8. The second kappa shape index (κ2) is 42.5. The highest BCUT2D eigenvalue weighted by molar-refractivity contribution is 9.10.